The Kier molecular flexibility index (Phi) is 4.82. The molecule has 1 heteroatoms. The second-order valence-electron chi connectivity index (χ2n) is 15.0. The zero-order chi connectivity index (χ0) is 22.5. The first-order valence-electron chi connectivity index (χ1n) is 13.7. The van der Waals surface area contributed by atoms with E-state index in [1.165, 1.54) is 70.6 Å². The molecule has 5 aliphatic carbocycles. The van der Waals surface area contributed by atoms with Crippen LogP contribution in [0.1, 0.15) is 119 Å². The van der Waals surface area contributed by atoms with E-state index < -0.39 is 0 Å². The Labute approximate surface area is 192 Å². The monoisotopic (exact) mass is 426 g/mol. The highest BCUT2D eigenvalue weighted by Crippen LogP contribution is 2.75. The molecule has 176 valence electrons. The molecule has 5 rings (SSSR count). The summed E-state index contributed by atoms with van der Waals surface area (Å²) < 4.78 is 0. The maximum absolute atomic E-state index is 10.2. The van der Waals surface area contributed by atoms with Gasteiger partial charge in [-0.25, -0.2) is 0 Å². The van der Waals surface area contributed by atoms with Crippen LogP contribution in [0.2, 0.25) is 0 Å². The van der Waals surface area contributed by atoms with Crippen molar-refractivity contribution in [1.29, 1.82) is 0 Å². The van der Waals surface area contributed by atoms with Crippen LogP contribution in [0.4, 0.5) is 0 Å². The first-order valence-corrected chi connectivity index (χ1v) is 13.7. The van der Waals surface area contributed by atoms with Crippen LogP contribution in [-0.2, 0) is 0 Å². The highest BCUT2D eigenvalue weighted by Gasteiger charge is 2.67. The molecular formula is C30H50O. The van der Waals surface area contributed by atoms with Crippen LogP contribution in [0.25, 0.3) is 0 Å². The Morgan fingerprint density at radius 3 is 2.26 bits per heavy atom. The van der Waals surface area contributed by atoms with Gasteiger partial charge in [0.05, 0.1) is 0 Å². The fourth-order valence-electron chi connectivity index (χ4n) is 10.7. The van der Waals surface area contributed by atoms with Crippen molar-refractivity contribution in [3.8, 4) is 0 Å². The Hall–Kier alpha value is -0.300. The molecule has 1 nitrogen and oxygen atoms in total. The second-order valence-corrected chi connectivity index (χ2v) is 15.0. The van der Waals surface area contributed by atoms with Crippen LogP contribution < -0.4 is 0 Å². The van der Waals surface area contributed by atoms with Gasteiger partial charge in [-0.2, -0.15) is 0 Å². The third-order valence-electron chi connectivity index (χ3n) is 13.1. The van der Waals surface area contributed by atoms with Crippen LogP contribution in [0.3, 0.4) is 0 Å². The molecule has 0 radical (unpaired) electrons. The van der Waals surface area contributed by atoms with Crippen molar-refractivity contribution in [1.82, 2.24) is 0 Å². The number of aliphatic hydroxyl groups is 1. The van der Waals surface area contributed by atoms with E-state index in [-0.39, 0.29) is 5.41 Å². The second kappa shape index (κ2) is 6.64. The summed E-state index contributed by atoms with van der Waals surface area (Å²) in [7, 11) is 0. The Balaban J connectivity index is 1.57. The maximum atomic E-state index is 10.2. The van der Waals surface area contributed by atoms with Gasteiger partial charge in [0.1, 0.15) is 0 Å². The number of hydrogen-bond donors (Lipinski definition) is 1. The van der Waals surface area contributed by atoms with Crippen LogP contribution >= 0.6 is 0 Å². The van der Waals surface area contributed by atoms with Crippen molar-refractivity contribution in [3.63, 3.8) is 0 Å². The normalized spacial score (nSPS) is 55.9. The van der Waals surface area contributed by atoms with Gasteiger partial charge in [-0.3, -0.25) is 0 Å². The van der Waals surface area contributed by atoms with E-state index in [1.807, 2.05) is 5.57 Å². The molecule has 0 heterocycles. The Bertz CT molecular complexity index is 779. The summed E-state index contributed by atoms with van der Waals surface area (Å²) in [6.45, 7) is 18.6. The van der Waals surface area contributed by atoms with Gasteiger partial charge >= 0.3 is 0 Å². The van der Waals surface area contributed by atoms with Crippen molar-refractivity contribution >= 4 is 0 Å². The van der Waals surface area contributed by atoms with Gasteiger partial charge in [0.25, 0.3) is 0 Å². The Morgan fingerprint density at radius 2 is 1.55 bits per heavy atom. The van der Waals surface area contributed by atoms with Gasteiger partial charge in [-0.1, -0.05) is 66.5 Å². The lowest BCUT2D eigenvalue weighted by Gasteiger charge is -2.71. The van der Waals surface area contributed by atoms with Crippen molar-refractivity contribution in [2.24, 2.45) is 50.2 Å². The summed E-state index contributed by atoms with van der Waals surface area (Å²) in [5, 5.41) is 10.2. The fraction of sp³-hybridized carbons (Fsp3) is 0.933. The van der Waals surface area contributed by atoms with Crippen molar-refractivity contribution < 1.29 is 5.11 Å². The van der Waals surface area contributed by atoms with Crippen molar-refractivity contribution in [3.05, 3.63) is 11.6 Å². The topological polar surface area (TPSA) is 20.2 Å². The molecule has 5 aliphatic rings. The summed E-state index contributed by atoms with van der Waals surface area (Å²) in [6, 6.07) is 0. The lowest BCUT2D eigenvalue weighted by Crippen LogP contribution is -2.63. The summed E-state index contributed by atoms with van der Waals surface area (Å²) in [5.41, 5.74) is 4.21. The number of aliphatic hydroxyl groups excluding tert-OH is 1. The molecule has 0 aromatic carbocycles. The zero-order valence-corrected chi connectivity index (χ0v) is 21.7. The van der Waals surface area contributed by atoms with Gasteiger partial charge in [0.15, 0.2) is 0 Å². The minimum Gasteiger partial charge on any atom is -0.396 e. The third kappa shape index (κ3) is 2.83. The number of hydrogen-bond acceptors (Lipinski definition) is 1. The largest absolute Gasteiger partial charge is 0.396 e. The average Bonchev–Trinajstić information content (AvgIpc) is 2.69. The number of fused-ring (bicyclic) bond motifs is 7. The standard InChI is InChI=1S/C30H50O/c1-25(2)12-8-13-28(5)23(25)11-14-30(7)24(28)10-9-21-22-19-26(3,20-31)15-16-27(22,4)17-18-29(21,30)6/h9,22-24,31H,8,10-20H2,1-7H3/t22-,23-,24+,26-,27+,28-,29+,30+/m0/s1. The zero-order valence-electron chi connectivity index (χ0n) is 21.7. The maximum Gasteiger partial charge on any atom is 0.0484 e. The molecule has 4 saturated carbocycles. The summed E-state index contributed by atoms with van der Waals surface area (Å²) >= 11 is 0. The van der Waals surface area contributed by atoms with E-state index in [4.69, 9.17) is 0 Å². The molecule has 1 N–H and O–H groups in total. The van der Waals surface area contributed by atoms with Crippen LogP contribution in [0.15, 0.2) is 11.6 Å². The molecule has 0 amide bonds. The van der Waals surface area contributed by atoms with E-state index in [0.29, 0.717) is 39.6 Å². The Morgan fingerprint density at radius 1 is 0.839 bits per heavy atom. The minimum absolute atomic E-state index is 0.123. The predicted octanol–water partition coefficient (Wildman–Crippen LogP) is 8.17. The molecule has 4 fully saturated rings. The van der Waals surface area contributed by atoms with E-state index in [9.17, 15) is 5.11 Å². The first kappa shape index (κ1) is 22.5. The van der Waals surface area contributed by atoms with Gasteiger partial charge in [0, 0.05) is 6.61 Å². The van der Waals surface area contributed by atoms with Crippen LogP contribution in [0, 0.1) is 50.2 Å². The van der Waals surface area contributed by atoms with Crippen LogP contribution in [-0.4, -0.2) is 11.7 Å². The number of allylic oxidation sites excluding steroid dienone is 2. The molecule has 0 aliphatic heterocycles. The molecule has 8 atom stereocenters. The lowest BCUT2D eigenvalue weighted by molar-refractivity contribution is -0.180. The molecular weight excluding hydrogens is 376 g/mol. The average molecular weight is 427 g/mol. The van der Waals surface area contributed by atoms with E-state index in [2.05, 4.69) is 54.5 Å². The highest BCUT2D eigenvalue weighted by molar-refractivity contribution is 5.33. The molecule has 0 aromatic heterocycles. The molecule has 0 aromatic rings. The molecule has 0 saturated heterocycles. The van der Waals surface area contributed by atoms with Gasteiger partial charge in [-0.05, 0) is 114 Å². The smallest absolute Gasteiger partial charge is 0.0484 e. The van der Waals surface area contributed by atoms with E-state index >= 15 is 0 Å². The van der Waals surface area contributed by atoms with Gasteiger partial charge < -0.3 is 5.11 Å². The number of rotatable bonds is 1. The van der Waals surface area contributed by atoms with Crippen molar-refractivity contribution in [2.75, 3.05) is 6.61 Å². The summed E-state index contributed by atoms with van der Waals surface area (Å²) in [6.07, 6.45) is 17.8. The summed E-state index contributed by atoms with van der Waals surface area (Å²) in [5.74, 6) is 2.42. The third-order valence-corrected chi connectivity index (χ3v) is 13.1. The SMILES string of the molecule is CC1(C)CCC[C@]2(C)[C@H]3CC=C4[C@@H]5C[C@@](C)(CO)CC[C@]5(C)CC[C@@]4(C)[C@]3(C)CC[C@@H]12. The van der Waals surface area contributed by atoms with Gasteiger partial charge in [0.2, 0.25) is 0 Å². The van der Waals surface area contributed by atoms with E-state index in [0.717, 1.165) is 11.8 Å². The summed E-state index contributed by atoms with van der Waals surface area (Å²) in [4.78, 5) is 0. The minimum atomic E-state index is 0.123. The highest BCUT2D eigenvalue weighted by atomic mass is 16.3. The van der Waals surface area contributed by atoms with Crippen LogP contribution in [0.5, 0.6) is 0 Å². The molecule has 0 spiro atoms. The molecule has 0 bridgehead atoms. The lowest BCUT2D eigenvalue weighted by atomic mass is 9.34. The molecule has 31 heavy (non-hydrogen) atoms. The van der Waals surface area contributed by atoms with E-state index in [1.54, 1.807) is 0 Å². The first-order chi connectivity index (χ1) is 14.3. The predicted molar refractivity (Wildman–Crippen MR) is 131 cm³/mol. The molecule has 0 unspecified atom stereocenters. The van der Waals surface area contributed by atoms with Crippen molar-refractivity contribution in [2.45, 2.75) is 119 Å². The van der Waals surface area contributed by atoms with Gasteiger partial charge in [-0.15, -0.1) is 0 Å². The fourth-order valence-corrected chi connectivity index (χ4v) is 10.7. The quantitative estimate of drug-likeness (QED) is 0.419.